The summed E-state index contributed by atoms with van der Waals surface area (Å²) in [7, 11) is 0. The SMILES string of the molecule is Cc1ccc2nc(Cl)c(C(C)C)cc2c1. The summed E-state index contributed by atoms with van der Waals surface area (Å²) in [5, 5.41) is 1.80. The third-order valence-corrected chi connectivity index (χ3v) is 2.88. The summed E-state index contributed by atoms with van der Waals surface area (Å²) >= 11 is 6.13. The second-order valence-corrected chi connectivity index (χ2v) is 4.58. The number of halogens is 1. The molecule has 2 aromatic rings. The van der Waals surface area contributed by atoms with Gasteiger partial charge in [0, 0.05) is 5.39 Å². The minimum atomic E-state index is 0.412. The second kappa shape index (κ2) is 3.82. The van der Waals surface area contributed by atoms with Crippen LogP contribution in [-0.2, 0) is 0 Å². The topological polar surface area (TPSA) is 12.9 Å². The molecule has 2 rings (SSSR count). The highest BCUT2D eigenvalue weighted by atomic mass is 35.5. The molecule has 78 valence electrons. The number of aryl methyl sites for hydroxylation is 1. The van der Waals surface area contributed by atoms with Crippen molar-refractivity contribution in [2.24, 2.45) is 0 Å². The average molecular weight is 220 g/mol. The van der Waals surface area contributed by atoms with Crippen LogP contribution >= 0.6 is 11.6 Å². The Morgan fingerprint density at radius 2 is 1.93 bits per heavy atom. The summed E-state index contributed by atoms with van der Waals surface area (Å²) in [6, 6.07) is 8.36. The first-order chi connectivity index (χ1) is 7.08. The Hall–Kier alpha value is -1.08. The molecule has 0 N–H and O–H groups in total. The molecule has 0 aliphatic heterocycles. The van der Waals surface area contributed by atoms with Crippen LogP contribution in [0.15, 0.2) is 24.3 Å². The number of pyridine rings is 1. The average Bonchev–Trinajstić information content (AvgIpc) is 2.17. The van der Waals surface area contributed by atoms with Gasteiger partial charge in [-0.15, -0.1) is 0 Å². The molecule has 0 aliphatic carbocycles. The van der Waals surface area contributed by atoms with E-state index in [1.807, 2.05) is 6.07 Å². The lowest BCUT2D eigenvalue weighted by Crippen LogP contribution is -1.92. The first-order valence-corrected chi connectivity index (χ1v) is 5.52. The highest BCUT2D eigenvalue weighted by Gasteiger charge is 2.08. The molecule has 0 saturated carbocycles. The number of fused-ring (bicyclic) bond motifs is 1. The molecule has 0 amide bonds. The predicted molar refractivity (Wildman–Crippen MR) is 65.6 cm³/mol. The van der Waals surface area contributed by atoms with Crippen LogP contribution in [0, 0.1) is 6.92 Å². The lowest BCUT2D eigenvalue weighted by Gasteiger charge is -2.09. The van der Waals surface area contributed by atoms with Gasteiger partial charge in [-0.25, -0.2) is 4.98 Å². The Bertz CT molecular complexity index is 503. The van der Waals surface area contributed by atoms with Crippen molar-refractivity contribution in [2.75, 3.05) is 0 Å². The van der Waals surface area contributed by atoms with Crippen LogP contribution in [0.1, 0.15) is 30.9 Å². The Kier molecular flexibility index (Phi) is 2.66. The van der Waals surface area contributed by atoms with Crippen LogP contribution in [0.5, 0.6) is 0 Å². The van der Waals surface area contributed by atoms with Gasteiger partial charge in [-0.2, -0.15) is 0 Å². The van der Waals surface area contributed by atoms with Crippen molar-refractivity contribution in [3.8, 4) is 0 Å². The van der Waals surface area contributed by atoms with Gasteiger partial charge in [0.2, 0.25) is 0 Å². The molecule has 1 heterocycles. The van der Waals surface area contributed by atoms with Crippen LogP contribution in [0.4, 0.5) is 0 Å². The van der Waals surface area contributed by atoms with Gasteiger partial charge in [0.25, 0.3) is 0 Å². The van der Waals surface area contributed by atoms with E-state index >= 15 is 0 Å². The predicted octanol–water partition coefficient (Wildman–Crippen LogP) is 4.32. The Morgan fingerprint density at radius 1 is 1.20 bits per heavy atom. The van der Waals surface area contributed by atoms with E-state index in [9.17, 15) is 0 Å². The van der Waals surface area contributed by atoms with Crippen molar-refractivity contribution in [3.05, 3.63) is 40.5 Å². The molecule has 1 aromatic heterocycles. The van der Waals surface area contributed by atoms with E-state index in [4.69, 9.17) is 11.6 Å². The molecule has 0 spiro atoms. The van der Waals surface area contributed by atoms with E-state index in [0.29, 0.717) is 11.1 Å². The molecule has 2 heteroatoms. The lowest BCUT2D eigenvalue weighted by molar-refractivity contribution is 0.862. The van der Waals surface area contributed by atoms with Crippen molar-refractivity contribution in [1.82, 2.24) is 4.98 Å². The summed E-state index contributed by atoms with van der Waals surface area (Å²) in [6.07, 6.45) is 0. The van der Waals surface area contributed by atoms with Gasteiger partial charge in [0.05, 0.1) is 5.52 Å². The maximum atomic E-state index is 6.13. The van der Waals surface area contributed by atoms with Crippen molar-refractivity contribution in [3.63, 3.8) is 0 Å². The third-order valence-electron chi connectivity index (χ3n) is 2.57. The highest BCUT2D eigenvalue weighted by Crippen LogP contribution is 2.26. The Morgan fingerprint density at radius 3 is 2.60 bits per heavy atom. The second-order valence-electron chi connectivity index (χ2n) is 4.22. The van der Waals surface area contributed by atoms with Crippen LogP contribution in [0.25, 0.3) is 10.9 Å². The van der Waals surface area contributed by atoms with Gasteiger partial charge in [-0.05, 0) is 36.6 Å². The first-order valence-electron chi connectivity index (χ1n) is 5.14. The van der Waals surface area contributed by atoms with Crippen LogP contribution in [0.2, 0.25) is 5.15 Å². The standard InChI is InChI=1S/C13H14ClN/c1-8(2)11-7-10-6-9(3)4-5-12(10)15-13(11)14/h4-8H,1-3H3. The van der Waals surface area contributed by atoms with E-state index in [2.05, 4.69) is 44.0 Å². The van der Waals surface area contributed by atoms with Gasteiger partial charge in [-0.3, -0.25) is 0 Å². The van der Waals surface area contributed by atoms with Crippen LogP contribution in [-0.4, -0.2) is 4.98 Å². The monoisotopic (exact) mass is 219 g/mol. The van der Waals surface area contributed by atoms with Gasteiger partial charge in [0.15, 0.2) is 0 Å². The highest BCUT2D eigenvalue weighted by molar-refractivity contribution is 6.30. The Balaban J connectivity index is 2.72. The maximum absolute atomic E-state index is 6.13. The quantitative estimate of drug-likeness (QED) is 0.651. The number of benzene rings is 1. The summed E-state index contributed by atoms with van der Waals surface area (Å²) in [5.41, 5.74) is 3.34. The van der Waals surface area contributed by atoms with E-state index in [1.165, 1.54) is 10.9 Å². The molecule has 15 heavy (non-hydrogen) atoms. The zero-order valence-electron chi connectivity index (χ0n) is 9.21. The third kappa shape index (κ3) is 1.98. The molecule has 0 saturated heterocycles. The molecule has 0 aliphatic rings. The normalized spacial score (nSPS) is 11.3. The molecule has 0 bridgehead atoms. The zero-order valence-corrected chi connectivity index (χ0v) is 9.97. The van der Waals surface area contributed by atoms with Crippen LogP contribution < -0.4 is 0 Å². The van der Waals surface area contributed by atoms with Crippen molar-refractivity contribution in [1.29, 1.82) is 0 Å². The number of aromatic nitrogens is 1. The van der Waals surface area contributed by atoms with E-state index in [-0.39, 0.29) is 0 Å². The maximum Gasteiger partial charge on any atom is 0.133 e. The van der Waals surface area contributed by atoms with Gasteiger partial charge in [-0.1, -0.05) is 37.1 Å². The number of hydrogen-bond acceptors (Lipinski definition) is 1. The molecule has 0 fully saturated rings. The fraction of sp³-hybridized carbons (Fsp3) is 0.308. The molecule has 0 atom stereocenters. The van der Waals surface area contributed by atoms with Gasteiger partial charge in [0.1, 0.15) is 5.15 Å². The summed E-state index contributed by atoms with van der Waals surface area (Å²) in [6.45, 7) is 6.35. The minimum absolute atomic E-state index is 0.412. The van der Waals surface area contributed by atoms with Crippen molar-refractivity contribution >= 4 is 22.5 Å². The number of nitrogens with zero attached hydrogens (tertiary/aromatic N) is 1. The zero-order chi connectivity index (χ0) is 11.0. The van der Waals surface area contributed by atoms with Gasteiger partial charge >= 0.3 is 0 Å². The van der Waals surface area contributed by atoms with Crippen molar-refractivity contribution < 1.29 is 0 Å². The molecule has 0 unspecified atom stereocenters. The summed E-state index contributed by atoms with van der Waals surface area (Å²) < 4.78 is 0. The van der Waals surface area contributed by atoms with Gasteiger partial charge < -0.3 is 0 Å². The molecule has 0 radical (unpaired) electrons. The van der Waals surface area contributed by atoms with E-state index in [0.717, 1.165) is 11.1 Å². The fourth-order valence-electron chi connectivity index (χ4n) is 1.69. The molecule has 1 aromatic carbocycles. The summed E-state index contributed by atoms with van der Waals surface area (Å²) in [5.74, 6) is 0.412. The lowest BCUT2D eigenvalue weighted by atomic mass is 10.0. The molecule has 1 nitrogen and oxygen atoms in total. The number of rotatable bonds is 1. The minimum Gasteiger partial charge on any atom is -0.236 e. The van der Waals surface area contributed by atoms with Crippen LogP contribution in [0.3, 0.4) is 0 Å². The Labute approximate surface area is 95.1 Å². The fourth-order valence-corrected chi connectivity index (χ4v) is 2.06. The smallest absolute Gasteiger partial charge is 0.133 e. The first kappa shape index (κ1) is 10.4. The molecular weight excluding hydrogens is 206 g/mol. The van der Waals surface area contributed by atoms with Crippen molar-refractivity contribution in [2.45, 2.75) is 26.7 Å². The molecular formula is C13H14ClN. The number of hydrogen-bond donors (Lipinski definition) is 0. The summed E-state index contributed by atoms with van der Waals surface area (Å²) in [4.78, 5) is 4.40. The largest absolute Gasteiger partial charge is 0.236 e. The van der Waals surface area contributed by atoms with E-state index < -0.39 is 0 Å². The van der Waals surface area contributed by atoms with E-state index in [1.54, 1.807) is 0 Å².